The minimum absolute atomic E-state index is 0.150. The normalized spacial score (nSPS) is 13.0. The Hall–Kier alpha value is -2.62. The van der Waals surface area contributed by atoms with Crippen molar-refractivity contribution in [3.8, 4) is 22.3 Å². The fraction of sp³-hybridized carbons (Fsp3) is 0.111. The van der Waals surface area contributed by atoms with Gasteiger partial charge in [-0.05, 0) is 46.5 Å². The van der Waals surface area contributed by atoms with Crippen LogP contribution in [0.2, 0.25) is 0 Å². The predicted molar refractivity (Wildman–Crippen MR) is 133 cm³/mol. The molecule has 0 aromatic heterocycles. The Balaban J connectivity index is 1.96. The molecule has 0 aliphatic carbocycles. The maximum atomic E-state index is 14.2. The van der Waals surface area contributed by atoms with E-state index in [1.807, 2.05) is 6.07 Å². The van der Waals surface area contributed by atoms with Crippen molar-refractivity contribution in [2.24, 2.45) is 0 Å². The molecule has 36 heavy (non-hydrogen) atoms. The third-order valence-electron chi connectivity index (χ3n) is 5.63. The lowest BCUT2D eigenvalue weighted by molar-refractivity contribution is -0.145. The van der Waals surface area contributed by atoms with Crippen molar-refractivity contribution in [1.82, 2.24) is 0 Å². The number of hydrogen-bond acceptors (Lipinski definition) is 1. The molecule has 4 rings (SSSR count). The second-order valence-corrected chi connectivity index (χ2v) is 9.68. The van der Waals surface area contributed by atoms with Gasteiger partial charge in [0.15, 0.2) is 0 Å². The second kappa shape index (κ2) is 10.0. The summed E-state index contributed by atoms with van der Waals surface area (Å²) in [7, 11) is 0. The van der Waals surface area contributed by atoms with E-state index in [0.29, 0.717) is 17.7 Å². The third kappa shape index (κ3) is 5.38. The highest BCUT2D eigenvalue weighted by atomic mass is 79.9. The summed E-state index contributed by atoms with van der Waals surface area (Å²) < 4.78 is 85.3. The third-order valence-corrected chi connectivity index (χ3v) is 6.94. The zero-order chi connectivity index (χ0) is 26.3. The van der Waals surface area contributed by atoms with Crippen LogP contribution in [0.4, 0.5) is 26.3 Å². The van der Waals surface area contributed by atoms with E-state index in [2.05, 4.69) is 31.9 Å². The highest BCUT2D eigenvalue weighted by molar-refractivity contribution is 9.11. The molecule has 0 bridgehead atoms. The zero-order valence-electron chi connectivity index (χ0n) is 18.1. The fourth-order valence-electron chi connectivity index (χ4n) is 4.00. The molecule has 9 heteroatoms. The number of aliphatic hydroxyl groups is 1. The van der Waals surface area contributed by atoms with Gasteiger partial charge in [-0.3, -0.25) is 0 Å². The molecule has 1 nitrogen and oxygen atoms in total. The van der Waals surface area contributed by atoms with E-state index in [-0.39, 0.29) is 25.6 Å². The monoisotopic (exact) mass is 628 g/mol. The maximum absolute atomic E-state index is 14.2. The highest BCUT2D eigenvalue weighted by Crippen LogP contribution is 2.48. The first-order chi connectivity index (χ1) is 16.9. The van der Waals surface area contributed by atoms with Gasteiger partial charge in [-0.2, -0.15) is 26.3 Å². The molecule has 0 radical (unpaired) electrons. The van der Waals surface area contributed by atoms with Crippen molar-refractivity contribution in [1.29, 1.82) is 0 Å². The second-order valence-electron chi connectivity index (χ2n) is 7.97. The van der Waals surface area contributed by atoms with Crippen LogP contribution in [0.15, 0.2) is 93.9 Å². The van der Waals surface area contributed by atoms with Gasteiger partial charge in [-0.1, -0.05) is 92.5 Å². The summed E-state index contributed by atoms with van der Waals surface area (Å²) in [4.78, 5) is 0. The molecule has 0 saturated carbocycles. The van der Waals surface area contributed by atoms with Crippen molar-refractivity contribution in [3.63, 3.8) is 0 Å². The van der Waals surface area contributed by atoms with E-state index in [0.717, 1.165) is 5.56 Å². The van der Waals surface area contributed by atoms with Gasteiger partial charge in [0.25, 0.3) is 0 Å². The van der Waals surface area contributed by atoms with E-state index in [4.69, 9.17) is 0 Å². The van der Waals surface area contributed by atoms with E-state index in [1.165, 1.54) is 36.4 Å². The molecule has 1 unspecified atom stereocenters. The van der Waals surface area contributed by atoms with E-state index in [1.54, 1.807) is 30.3 Å². The quantitative estimate of drug-likeness (QED) is 0.223. The topological polar surface area (TPSA) is 20.2 Å². The Labute approximate surface area is 219 Å². The van der Waals surface area contributed by atoms with E-state index >= 15 is 0 Å². The largest absolute Gasteiger partial charge is 0.416 e. The number of alkyl halides is 6. The van der Waals surface area contributed by atoms with Gasteiger partial charge in [-0.15, -0.1) is 0 Å². The van der Waals surface area contributed by atoms with Crippen molar-refractivity contribution in [2.45, 2.75) is 18.5 Å². The van der Waals surface area contributed by atoms with Crippen LogP contribution in [-0.2, 0) is 12.4 Å². The molecule has 4 aromatic carbocycles. The molecule has 1 N–H and O–H groups in total. The Morgan fingerprint density at radius 2 is 0.889 bits per heavy atom. The molecule has 0 spiro atoms. The molecule has 0 fully saturated rings. The van der Waals surface area contributed by atoms with Gasteiger partial charge in [0.05, 0.1) is 11.1 Å². The molecular formula is C27H16Br2F6O. The average molecular weight is 630 g/mol. The Morgan fingerprint density at radius 1 is 0.528 bits per heavy atom. The van der Waals surface area contributed by atoms with Gasteiger partial charge in [0, 0.05) is 20.1 Å². The van der Waals surface area contributed by atoms with E-state index in [9.17, 15) is 31.4 Å². The Morgan fingerprint density at radius 3 is 1.25 bits per heavy atom. The lowest BCUT2D eigenvalue weighted by atomic mass is 9.87. The van der Waals surface area contributed by atoms with Crippen LogP contribution in [0, 0.1) is 0 Å². The fourth-order valence-corrected chi connectivity index (χ4v) is 5.62. The predicted octanol–water partition coefficient (Wildman–Crippen LogP) is 9.66. The first-order valence-corrected chi connectivity index (χ1v) is 12.1. The first-order valence-electron chi connectivity index (χ1n) is 10.5. The zero-order valence-corrected chi connectivity index (χ0v) is 21.3. The van der Waals surface area contributed by atoms with Crippen molar-refractivity contribution >= 4 is 31.9 Å². The molecule has 0 aliphatic heterocycles. The average Bonchev–Trinajstić information content (AvgIpc) is 2.82. The molecule has 0 aliphatic rings. The standard InChI is InChI=1S/C27H16Br2F6O/c28-21-13-18(16-9-5-2-6-10-16)14-22(29)24(21)25(36)23-19(26(30,31)32)11-17(12-20(23)27(33,34)35)15-7-3-1-4-8-15/h1-14,25,36H. The molecular weight excluding hydrogens is 614 g/mol. The molecule has 0 amide bonds. The molecule has 4 aromatic rings. The minimum Gasteiger partial charge on any atom is -0.384 e. The van der Waals surface area contributed by atoms with Crippen molar-refractivity contribution in [2.75, 3.05) is 0 Å². The van der Waals surface area contributed by atoms with Crippen LogP contribution in [0.25, 0.3) is 22.3 Å². The molecule has 186 valence electrons. The van der Waals surface area contributed by atoms with Crippen LogP contribution >= 0.6 is 31.9 Å². The van der Waals surface area contributed by atoms with Crippen LogP contribution < -0.4 is 0 Å². The maximum Gasteiger partial charge on any atom is 0.416 e. The van der Waals surface area contributed by atoms with Crippen LogP contribution in [0.3, 0.4) is 0 Å². The lowest BCUT2D eigenvalue weighted by Gasteiger charge is -2.25. The summed E-state index contributed by atoms with van der Waals surface area (Å²) in [6.45, 7) is 0. The van der Waals surface area contributed by atoms with Crippen molar-refractivity contribution in [3.05, 3.63) is 116 Å². The van der Waals surface area contributed by atoms with Gasteiger partial charge in [0.2, 0.25) is 0 Å². The summed E-state index contributed by atoms with van der Waals surface area (Å²) >= 11 is 6.48. The summed E-state index contributed by atoms with van der Waals surface area (Å²) in [5, 5.41) is 11.1. The highest BCUT2D eigenvalue weighted by Gasteiger charge is 2.44. The smallest absolute Gasteiger partial charge is 0.384 e. The number of aliphatic hydroxyl groups excluding tert-OH is 1. The minimum atomic E-state index is -5.16. The Kier molecular flexibility index (Phi) is 7.37. The summed E-state index contributed by atoms with van der Waals surface area (Å²) in [5.41, 5.74) is -3.19. The summed E-state index contributed by atoms with van der Waals surface area (Å²) in [6, 6.07) is 20.8. The summed E-state index contributed by atoms with van der Waals surface area (Å²) in [6.07, 6.45) is -12.6. The van der Waals surface area contributed by atoms with Crippen molar-refractivity contribution < 1.29 is 31.4 Å². The lowest BCUT2D eigenvalue weighted by Crippen LogP contribution is -2.20. The van der Waals surface area contributed by atoms with Crippen LogP contribution in [0.1, 0.15) is 28.4 Å². The van der Waals surface area contributed by atoms with Gasteiger partial charge >= 0.3 is 12.4 Å². The van der Waals surface area contributed by atoms with Crippen LogP contribution in [-0.4, -0.2) is 5.11 Å². The van der Waals surface area contributed by atoms with E-state index < -0.39 is 35.1 Å². The Bertz CT molecular complexity index is 1330. The number of hydrogen-bond donors (Lipinski definition) is 1. The SMILES string of the molecule is OC(c1c(Br)cc(-c2ccccc2)cc1Br)c1c(C(F)(F)F)cc(-c2ccccc2)cc1C(F)(F)F. The van der Waals surface area contributed by atoms with Gasteiger partial charge in [0.1, 0.15) is 6.10 Å². The molecule has 0 saturated heterocycles. The van der Waals surface area contributed by atoms with Gasteiger partial charge < -0.3 is 5.11 Å². The number of halogens is 8. The van der Waals surface area contributed by atoms with Gasteiger partial charge in [-0.25, -0.2) is 0 Å². The molecule has 0 heterocycles. The van der Waals surface area contributed by atoms with Crippen LogP contribution in [0.5, 0.6) is 0 Å². The summed E-state index contributed by atoms with van der Waals surface area (Å²) in [5.74, 6) is 0. The molecule has 1 atom stereocenters. The first kappa shape index (κ1) is 26.4. The number of benzene rings is 4. The number of rotatable bonds is 4.